The van der Waals surface area contributed by atoms with E-state index in [-0.39, 0.29) is 24.8 Å². The van der Waals surface area contributed by atoms with Crippen LogP contribution in [0.1, 0.15) is 16.3 Å². The van der Waals surface area contributed by atoms with Crippen LogP contribution in [0.4, 0.5) is 13.2 Å². The van der Waals surface area contributed by atoms with Gasteiger partial charge in [0.1, 0.15) is 17.4 Å². The highest BCUT2D eigenvalue weighted by Crippen LogP contribution is 2.31. The van der Waals surface area contributed by atoms with Crippen molar-refractivity contribution in [2.45, 2.75) is 19.3 Å². The SMILES string of the molecule is Cl.NCc1nc(COc2cccc(C(F)(F)F)c2)cs1. The van der Waals surface area contributed by atoms with Gasteiger partial charge in [-0.15, -0.1) is 23.7 Å². The molecule has 0 amide bonds. The summed E-state index contributed by atoms with van der Waals surface area (Å²) in [6.07, 6.45) is -4.37. The lowest BCUT2D eigenvalue weighted by Gasteiger charge is -2.09. The van der Waals surface area contributed by atoms with Gasteiger partial charge in [0.25, 0.3) is 0 Å². The summed E-state index contributed by atoms with van der Waals surface area (Å²) in [4.78, 5) is 4.16. The molecule has 0 unspecified atom stereocenters. The van der Waals surface area contributed by atoms with Crippen molar-refractivity contribution in [2.75, 3.05) is 0 Å². The molecule has 0 fully saturated rings. The summed E-state index contributed by atoms with van der Waals surface area (Å²) >= 11 is 1.40. The van der Waals surface area contributed by atoms with Gasteiger partial charge in [-0.3, -0.25) is 0 Å². The number of nitrogens with zero attached hydrogens (tertiary/aromatic N) is 1. The zero-order valence-corrected chi connectivity index (χ0v) is 11.8. The maximum Gasteiger partial charge on any atom is 0.416 e. The molecule has 0 saturated heterocycles. The van der Waals surface area contributed by atoms with Crippen LogP contribution in [0.25, 0.3) is 0 Å². The van der Waals surface area contributed by atoms with Crippen LogP contribution in [0.3, 0.4) is 0 Å². The van der Waals surface area contributed by atoms with Gasteiger partial charge < -0.3 is 10.5 Å². The summed E-state index contributed by atoms with van der Waals surface area (Å²) in [5, 5.41) is 2.54. The number of alkyl halides is 3. The summed E-state index contributed by atoms with van der Waals surface area (Å²) in [6.45, 7) is 0.464. The maximum absolute atomic E-state index is 12.5. The van der Waals surface area contributed by atoms with Crippen molar-refractivity contribution in [1.82, 2.24) is 4.98 Å². The van der Waals surface area contributed by atoms with Gasteiger partial charge in [0.15, 0.2) is 0 Å². The van der Waals surface area contributed by atoms with E-state index in [0.29, 0.717) is 12.2 Å². The van der Waals surface area contributed by atoms with Crippen LogP contribution >= 0.6 is 23.7 Å². The number of halogens is 4. The summed E-state index contributed by atoms with van der Waals surface area (Å²) in [5.41, 5.74) is 5.35. The zero-order valence-electron chi connectivity index (χ0n) is 10.2. The van der Waals surface area contributed by atoms with Crippen molar-refractivity contribution < 1.29 is 17.9 Å². The van der Waals surface area contributed by atoms with Crippen LogP contribution < -0.4 is 10.5 Å². The Hall–Kier alpha value is -1.31. The molecule has 1 aromatic carbocycles. The lowest BCUT2D eigenvalue weighted by Crippen LogP contribution is -2.05. The minimum absolute atomic E-state index is 0. The molecule has 3 nitrogen and oxygen atoms in total. The van der Waals surface area contributed by atoms with Gasteiger partial charge in [0.05, 0.1) is 11.3 Å². The first-order valence-electron chi connectivity index (χ1n) is 5.42. The second kappa shape index (κ2) is 6.92. The Labute approximate surface area is 124 Å². The van der Waals surface area contributed by atoms with E-state index in [4.69, 9.17) is 10.5 Å². The van der Waals surface area contributed by atoms with E-state index in [1.54, 1.807) is 5.38 Å². The fraction of sp³-hybridized carbons (Fsp3) is 0.250. The van der Waals surface area contributed by atoms with Crippen LogP contribution in [0.15, 0.2) is 29.6 Å². The normalized spacial score (nSPS) is 11.0. The molecule has 8 heteroatoms. The Morgan fingerprint density at radius 1 is 1.30 bits per heavy atom. The number of rotatable bonds is 4. The van der Waals surface area contributed by atoms with Crippen molar-refractivity contribution in [2.24, 2.45) is 5.73 Å². The van der Waals surface area contributed by atoms with Gasteiger partial charge in [0.2, 0.25) is 0 Å². The van der Waals surface area contributed by atoms with Gasteiger partial charge in [0, 0.05) is 11.9 Å². The molecule has 0 aliphatic heterocycles. The van der Waals surface area contributed by atoms with Crippen molar-refractivity contribution in [1.29, 1.82) is 0 Å². The molecule has 0 atom stereocenters. The lowest BCUT2D eigenvalue weighted by atomic mass is 10.2. The predicted molar refractivity (Wildman–Crippen MR) is 73.0 cm³/mol. The molecule has 110 valence electrons. The van der Waals surface area contributed by atoms with E-state index in [1.807, 2.05) is 0 Å². The number of hydrogen-bond donors (Lipinski definition) is 1. The molecule has 0 spiro atoms. The maximum atomic E-state index is 12.5. The van der Waals surface area contributed by atoms with Gasteiger partial charge in [-0.05, 0) is 18.2 Å². The van der Waals surface area contributed by atoms with Crippen molar-refractivity contribution in [3.63, 3.8) is 0 Å². The van der Waals surface area contributed by atoms with Gasteiger partial charge >= 0.3 is 6.18 Å². The molecule has 0 bridgehead atoms. The molecule has 2 aromatic rings. The highest BCUT2D eigenvalue weighted by atomic mass is 35.5. The van der Waals surface area contributed by atoms with E-state index in [0.717, 1.165) is 17.1 Å². The highest BCUT2D eigenvalue weighted by Gasteiger charge is 2.30. The van der Waals surface area contributed by atoms with Gasteiger partial charge in [-0.1, -0.05) is 6.07 Å². The second-order valence-corrected chi connectivity index (χ2v) is 4.69. The fourth-order valence-corrected chi connectivity index (χ4v) is 2.09. The lowest BCUT2D eigenvalue weighted by molar-refractivity contribution is -0.137. The van der Waals surface area contributed by atoms with Crippen molar-refractivity contribution >= 4 is 23.7 Å². The van der Waals surface area contributed by atoms with E-state index in [2.05, 4.69) is 4.98 Å². The first-order valence-corrected chi connectivity index (χ1v) is 6.30. The van der Waals surface area contributed by atoms with E-state index in [1.165, 1.54) is 23.5 Å². The molecule has 1 heterocycles. The molecule has 2 rings (SSSR count). The van der Waals surface area contributed by atoms with E-state index in [9.17, 15) is 13.2 Å². The minimum Gasteiger partial charge on any atom is -0.487 e. The fourth-order valence-electron chi connectivity index (χ4n) is 1.43. The Morgan fingerprint density at radius 2 is 2.05 bits per heavy atom. The number of benzene rings is 1. The standard InChI is InChI=1S/C12H11F3N2OS.ClH/c13-12(14,15)8-2-1-3-10(4-8)18-6-9-7-19-11(5-16)17-9;/h1-4,7H,5-6,16H2;1H. The summed E-state index contributed by atoms with van der Waals surface area (Å²) in [6, 6.07) is 4.76. The van der Waals surface area contributed by atoms with Gasteiger partial charge in [-0.25, -0.2) is 4.98 Å². The Bertz CT molecular complexity index is 560. The van der Waals surface area contributed by atoms with E-state index < -0.39 is 11.7 Å². The van der Waals surface area contributed by atoms with Crippen molar-refractivity contribution in [3.8, 4) is 5.75 Å². The number of ether oxygens (including phenoxy) is 1. The van der Waals surface area contributed by atoms with Crippen LogP contribution in [0.5, 0.6) is 5.75 Å². The first-order chi connectivity index (χ1) is 8.99. The smallest absolute Gasteiger partial charge is 0.416 e. The van der Waals surface area contributed by atoms with Crippen LogP contribution in [-0.2, 0) is 19.3 Å². The van der Waals surface area contributed by atoms with E-state index >= 15 is 0 Å². The van der Waals surface area contributed by atoms with Gasteiger partial charge in [-0.2, -0.15) is 13.2 Å². The summed E-state index contributed by atoms with van der Waals surface area (Å²) in [5.74, 6) is 0.164. The van der Waals surface area contributed by atoms with Crippen LogP contribution in [0, 0.1) is 0 Å². The number of nitrogens with two attached hydrogens (primary N) is 1. The number of aromatic nitrogens is 1. The molecule has 0 radical (unpaired) electrons. The average molecular weight is 325 g/mol. The summed E-state index contributed by atoms with van der Waals surface area (Å²) in [7, 11) is 0. The first kappa shape index (κ1) is 16.7. The molecule has 0 aliphatic carbocycles. The third-order valence-electron chi connectivity index (χ3n) is 2.32. The third kappa shape index (κ3) is 4.36. The second-order valence-electron chi connectivity index (χ2n) is 3.75. The predicted octanol–water partition coefficient (Wildman–Crippen LogP) is 3.62. The summed E-state index contributed by atoms with van der Waals surface area (Å²) < 4.78 is 42.8. The molecular weight excluding hydrogens is 313 g/mol. The third-order valence-corrected chi connectivity index (χ3v) is 3.24. The Kier molecular flexibility index (Phi) is 5.79. The molecule has 20 heavy (non-hydrogen) atoms. The molecular formula is C12H12ClF3N2OS. The quantitative estimate of drug-likeness (QED) is 0.934. The van der Waals surface area contributed by atoms with Crippen LogP contribution in [0.2, 0.25) is 0 Å². The zero-order chi connectivity index (χ0) is 13.9. The van der Waals surface area contributed by atoms with Crippen LogP contribution in [-0.4, -0.2) is 4.98 Å². The van der Waals surface area contributed by atoms with Crippen molar-refractivity contribution in [3.05, 3.63) is 45.9 Å². The minimum atomic E-state index is -4.37. The monoisotopic (exact) mass is 324 g/mol. The molecule has 1 aromatic heterocycles. The molecule has 0 aliphatic rings. The highest BCUT2D eigenvalue weighted by molar-refractivity contribution is 7.09. The molecule has 2 N–H and O–H groups in total. The average Bonchev–Trinajstić information content (AvgIpc) is 2.84. The number of thiazole rings is 1. The topological polar surface area (TPSA) is 48.1 Å². The Balaban J connectivity index is 0.00000200. The number of hydrogen-bond acceptors (Lipinski definition) is 4. The largest absolute Gasteiger partial charge is 0.487 e. The Morgan fingerprint density at radius 3 is 2.65 bits per heavy atom. The molecule has 0 saturated carbocycles.